The molecule has 1 aliphatic rings. The molecule has 0 aliphatic carbocycles. The Hall–Kier alpha value is -2.18. The number of amides is 2. The van der Waals surface area contributed by atoms with Gasteiger partial charge in [-0.15, -0.1) is 11.3 Å². The highest BCUT2D eigenvalue weighted by Crippen LogP contribution is 2.27. The van der Waals surface area contributed by atoms with E-state index in [0.29, 0.717) is 12.1 Å². The maximum Gasteiger partial charge on any atom is 0.252 e. The summed E-state index contributed by atoms with van der Waals surface area (Å²) in [6.45, 7) is 8.51. The van der Waals surface area contributed by atoms with Crippen molar-refractivity contribution in [2.24, 2.45) is 5.92 Å². The van der Waals surface area contributed by atoms with Gasteiger partial charge in [-0.25, -0.2) is 0 Å². The van der Waals surface area contributed by atoms with Gasteiger partial charge in [0.2, 0.25) is 5.91 Å². The highest BCUT2D eigenvalue weighted by Gasteiger charge is 2.28. The van der Waals surface area contributed by atoms with E-state index >= 15 is 0 Å². The van der Waals surface area contributed by atoms with Crippen LogP contribution in [0.15, 0.2) is 41.8 Å². The van der Waals surface area contributed by atoms with E-state index < -0.39 is 6.04 Å². The number of rotatable bonds is 8. The second-order valence-corrected chi connectivity index (χ2v) is 9.01. The highest BCUT2D eigenvalue weighted by atomic mass is 32.1. The molecule has 2 unspecified atom stereocenters. The Morgan fingerprint density at radius 1 is 1.10 bits per heavy atom. The molecule has 5 nitrogen and oxygen atoms in total. The van der Waals surface area contributed by atoms with Gasteiger partial charge in [0.25, 0.3) is 5.91 Å². The Morgan fingerprint density at radius 2 is 1.83 bits per heavy atom. The SMILES string of the molecule is Cc1ccccc1C(=O)NC(C(=O)NCC(c1cccs1)N1CCCC1)C(C)C. The average Bonchev–Trinajstić information content (AvgIpc) is 3.40. The van der Waals surface area contributed by atoms with Crippen molar-refractivity contribution in [3.63, 3.8) is 0 Å². The molecule has 1 fully saturated rings. The normalized spacial score (nSPS) is 16.6. The number of hydrogen-bond donors (Lipinski definition) is 2. The first kappa shape index (κ1) is 21.5. The monoisotopic (exact) mass is 413 g/mol. The van der Waals surface area contributed by atoms with E-state index in [1.54, 1.807) is 17.4 Å². The second-order valence-electron chi connectivity index (χ2n) is 8.03. The smallest absolute Gasteiger partial charge is 0.252 e. The molecule has 0 radical (unpaired) electrons. The summed E-state index contributed by atoms with van der Waals surface area (Å²) < 4.78 is 0. The molecular weight excluding hydrogens is 382 g/mol. The lowest BCUT2D eigenvalue weighted by Gasteiger charge is -2.28. The Balaban J connectivity index is 1.65. The molecule has 0 spiro atoms. The van der Waals surface area contributed by atoms with E-state index in [4.69, 9.17) is 0 Å². The molecule has 3 rings (SSSR count). The molecule has 0 saturated carbocycles. The van der Waals surface area contributed by atoms with Crippen LogP contribution in [0.1, 0.15) is 53.5 Å². The Bertz CT molecular complexity index is 813. The van der Waals surface area contributed by atoms with Crippen LogP contribution in [0.5, 0.6) is 0 Å². The predicted octanol–water partition coefficient (Wildman–Crippen LogP) is 3.76. The van der Waals surface area contributed by atoms with Gasteiger partial charge < -0.3 is 10.6 Å². The van der Waals surface area contributed by atoms with E-state index in [-0.39, 0.29) is 23.8 Å². The molecule has 29 heavy (non-hydrogen) atoms. The Morgan fingerprint density at radius 3 is 2.45 bits per heavy atom. The molecule has 6 heteroatoms. The minimum atomic E-state index is -0.565. The molecule has 2 aromatic rings. The summed E-state index contributed by atoms with van der Waals surface area (Å²) in [7, 11) is 0. The Labute approximate surface area is 177 Å². The van der Waals surface area contributed by atoms with E-state index in [1.165, 1.54) is 17.7 Å². The van der Waals surface area contributed by atoms with E-state index in [9.17, 15) is 9.59 Å². The summed E-state index contributed by atoms with van der Waals surface area (Å²) in [5, 5.41) is 8.13. The van der Waals surface area contributed by atoms with Crippen molar-refractivity contribution in [1.29, 1.82) is 0 Å². The number of thiophene rings is 1. The maximum atomic E-state index is 13.0. The summed E-state index contributed by atoms with van der Waals surface area (Å²) in [6.07, 6.45) is 2.41. The molecule has 156 valence electrons. The van der Waals surface area contributed by atoms with Gasteiger partial charge in [-0.1, -0.05) is 38.1 Å². The number of likely N-dealkylation sites (tertiary alicyclic amines) is 1. The third-order valence-corrected chi connectivity index (χ3v) is 6.52. The van der Waals surface area contributed by atoms with Crippen LogP contribution in [0, 0.1) is 12.8 Å². The first-order valence-corrected chi connectivity index (χ1v) is 11.3. The van der Waals surface area contributed by atoms with Crippen molar-refractivity contribution >= 4 is 23.2 Å². The van der Waals surface area contributed by atoms with E-state index in [2.05, 4.69) is 33.0 Å². The average molecular weight is 414 g/mol. The lowest BCUT2D eigenvalue weighted by Crippen LogP contribution is -2.51. The number of hydrogen-bond acceptors (Lipinski definition) is 4. The van der Waals surface area contributed by atoms with Crippen molar-refractivity contribution in [1.82, 2.24) is 15.5 Å². The zero-order valence-corrected chi connectivity index (χ0v) is 18.3. The number of carbonyl (C=O) groups is 2. The molecule has 1 saturated heterocycles. The van der Waals surface area contributed by atoms with Gasteiger partial charge in [0.05, 0.1) is 6.04 Å². The van der Waals surface area contributed by atoms with Crippen LogP contribution >= 0.6 is 11.3 Å². The summed E-state index contributed by atoms with van der Waals surface area (Å²) in [6, 6.07) is 11.3. The van der Waals surface area contributed by atoms with Gasteiger partial charge in [-0.3, -0.25) is 14.5 Å². The minimum absolute atomic E-state index is 0.00468. The van der Waals surface area contributed by atoms with Crippen LogP contribution in [0.2, 0.25) is 0 Å². The number of carbonyl (C=O) groups excluding carboxylic acids is 2. The molecule has 1 aromatic carbocycles. The molecule has 1 aliphatic heterocycles. The van der Waals surface area contributed by atoms with Crippen molar-refractivity contribution in [3.05, 3.63) is 57.8 Å². The largest absolute Gasteiger partial charge is 0.352 e. The summed E-state index contributed by atoms with van der Waals surface area (Å²) in [5.74, 6) is -0.330. The molecule has 2 amide bonds. The van der Waals surface area contributed by atoms with Crippen LogP contribution in [-0.2, 0) is 4.79 Å². The predicted molar refractivity (Wildman–Crippen MR) is 118 cm³/mol. The fraction of sp³-hybridized carbons (Fsp3) is 0.478. The first-order chi connectivity index (χ1) is 14.0. The topological polar surface area (TPSA) is 61.4 Å². The van der Waals surface area contributed by atoms with Crippen molar-refractivity contribution < 1.29 is 9.59 Å². The number of nitrogens with zero attached hydrogens (tertiary/aromatic N) is 1. The van der Waals surface area contributed by atoms with Gasteiger partial charge in [0.1, 0.15) is 6.04 Å². The summed E-state index contributed by atoms with van der Waals surface area (Å²) in [4.78, 5) is 29.4. The molecule has 1 aromatic heterocycles. The fourth-order valence-electron chi connectivity index (χ4n) is 3.83. The van der Waals surface area contributed by atoms with Crippen molar-refractivity contribution in [2.45, 2.75) is 45.7 Å². The minimum Gasteiger partial charge on any atom is -0.352 e. The van der Waals surface area contributed by atoms with Crippen molar-refractivity contribution in [3.8, 4) is 0 Å². The number of aryl methyl sites for hydroxylation is 1. The van der Waals surface area contributed by atoms with Gasteiger partial charge >= 0.3 is 0 Å². The summed E-state index contributed by atoms with van der Waals surface area (Å²) in [5.41, 5.74) is 1.51. The zero-order chi connectivity index (χ0) is 20.8. The van der Waals surface area contributed by atoms with Crippen LogP contribution in [0.4, 0.5) is 0 Å². The first-order valence-electron chi connectivity index (χ1n) is 10.4. The molecular formula is C23H31N3O2S. The zero-order valence-electron chi connectivity index (χ0n) is 17.5. The van der Waals surface area contributed by atoms with E-state index in [0.717, 1.165) is 18.7 Å². The van der Waals surface area contributed by atoms with Gasteiger partial charge in [0.15, 0.2) is 0 Å². The standard InChI is InChI=1S/C23H31N3O2S/c1-16(2)21(25-22(27)18-10-5-4-9-17(18)3)23(28)24-15-19(20-11-8-14-29-20)26-12-6-7-13-26/h4-5,8-11,14,16,19,21H,6-7,12-13,15H2,1-3H3,(H,24,28)(H,25,27). The van der Waals surface area contributed by atoms with Crippen LogP contribution in [0.25, 0.3) is 0 Å². The third kappa shape index (κ3) is 5.46. The third-order valence-electron chi connectivity index (χ3n) is 5.55. The molecule has 0 bridgehead atoms. The second kappa shape index (κ2) is 10.0. The Kier molecular flexibility index (Phi) is 7.45. The van der Waals surface area contributed by atoms with Crippen molar-refractivity contribution in [2.75, 3.05) is 19.6 Å². The van der Waals surface area contributed by atoms with Crippen LogP contribution in [0.3, 0.4) is 0 Å². The number of nitrogens with one attached hydrogen (secondary N) is 2. The lowest BCUT2D eigenvalue weighted by atomic mass is 10.0. The van der Waals surface area contributed by atoms with Gasteiger partial charge in [0, 0.05) is 17.0 Å². The molecule has 2 atom stereocenters. The summed E-state index contributed by atoms with van der Waals surface area (Å²) >= 11 is 1.73. The van der Waals surface area contributed by atoms with Crippen LogP contribution in [-0.4, -0.2) is 42.4 Å². The highest BCUT2D eigenvalue weighted by molar-refractivity contribution is 7.10. The van der Waals surface area contributed by atoms with E-state index in [1.807, 2.05) is 39.0 Å². The fourth-order valence-corrected chi connectivity index (χ4v) is 4.69. The number of benzene rings is 1. The quantitative estimate of drug-likeness (QED) is 0.693. The lowest BCUT2D eigenvalue weighted by molar-refractivity contribution is -0.124. The van der Waals surface area contributed by atoms with Crippen LogP contribution < -0.4 is 10.6 Å². The van der Waals surface area contributed by atoms with Gasteiger partial charge in [-0.2, -0.15) is 0 Å². The molecule has 2 N–H and O–H groups in total. The molecule has 2 heterocycles. The van der Waals surface area contributed by atoms with Gasteiger partial charge in [-0.05, 0) is 61.8 Å². The maximum absolute atomic E-state index is 13.0.